The van der Waals surface area contributed by atoms with Crippen LogP contribution in [-0.2, 0) is 6.54 Å². The fourth-order valence-electron chi connectivity index (χ4n) is 5.48. The van der Waals surface area contributed by atoms with Crippen molar-refractivity contribution in [3.8, 4) is 5.75 Å². The molecule has 2 fully saturated rings. The first-order valence-corrected chi connectivity index (χ1v) is 12.3. The monoisotopic (exact) mass is 470 g/mol. The summed E-state index contributed by atoms with van der Waals surface area (Å²) in [5.41, 5.74) is 2.25. The van der Waals surface area contributed by atoms with E-state index in [9.17, 15) is 0 Å². The first kappa shape index (κ1) is 21.4. The molecule has 4 aromatic rings. The zero-order valence-corrected chi connectivity index (χ0v) is 19.7. The molecule has 2 aliphatic rings. The highest BCUT2D eigenvalue weighted by Gasteiger charge is 2.41. The van der Waals surface area contributed by atoms with Gasteiger partial charge >= 0.3 is 0 Å². The van der Waals surface area contributed by atoms with E-state index in [0.29, 0.717) is 17.2 Å². The predicted molar refractivity (Wildman–Crippen MR) is 137 cm³/mol. The maximum absolute atomic E-state index is 6.52. The smallest absolute Gasteiger partial charge is 0.138 e. The molecule has 2 unspecified atom stereocenters. The molecule has 2 aromatic carbocycles. The van der Waals surface area contributed by atoms with Gasteiger partial charge in [-0.25, -0.2) is 9.97 Å². The van der Waals surface area contributed by atoms with Crippen molar-refractivity contribution in [3.05, 3.63) is 89.8 Å². The number of piperidine rings is 1. The van der Waals surface area contributed by atoms with Crippen molar-refractivity contribution in [1.82, 2.24) is 14.9 Å². The van der Waals surface area contributed by atoms with Crippen LogP contribution >= 0.6 is 11.6 Å². The maximum atomic E-state index is 6.52. The molecule has 0 amide bonds. The van der Waals surface area contributed by atoms with Gasteiger partial charge in [-0.1, -0.05) is 41.9 Å². The van der Waals surface area contributed by atoms with E-state index < -0.39 is 0 Å². The van der Waals surface area contributed by atoms with E-state index in [1.807, 2.05) is 18.3 Å². The van der Waals surface area contributed by atoms with Gasteiger partial charge in [0, 0.05) is 30.2 Å². The molecule has 2 aromatic heterocycles. The number of hydrogen-bond acceptors (Lipinski definition) is 5. The van der Waals surface area contributed by atoms with E-state index in [2.05, 4.69) is 68.7 Å². The second kappa shape index (κ2) is 9.24. The van der Waals surface area contributed by atoms with Crippen molar-refractivity contribution in [2.24, 2.45) is 0 Å². The summed E-state index contributed by atoms with van der Waals surface area (Å²) in [4.78, 5) is 11.4. The Labute approximate surface area is 204 Å². The second-order valence-electron chi connectivity index (χ2n) is 9.29. The summed E-state index contributed by atoms with van der Waals surface area (Å²) in [5.74, 6) is 1.72. The molecule has 2 atom stereocenters. The van der Waals surface area contributed by atoms with Gasteiger partial charge in [0.15, 0.2) is 0 Å². The van der Waals surface area contributed by atoms with Gasteiger partial charge in [0.1, 0.15) is 22.8 Å². The molecule has 5 nitrogen and oxygen atoms in total. The van der Waals surface area contributed by atoms with Gasteiger partial charge in [-0.2, -0.15) is 0 Å². The summed E-state index contributed by atoms with van der Waals surface area (Å²) >= 11 is 5.90. The summed E-state index contributed by atoms with van der Waals surface area (Å²) in [7, 11) is 0. The molecule has 0 radical (unpaired) electrons. The molecule has 6 heteroatoms. The minimum atomic E-state index is 0.265. The Morgan fingerprint density at radius 1 is 0.941 bits per heavy atom. The number of hydrogen-bond donors (Lipinski definition) is 1. The Bertz CT molecular complexity index is 1270. The highest BCUT2D eigenvalue weighted by molar-refractivity contribution is 6.29. The van der Waals surface area contributed by atoms with E-state index in [0.717, 1.165) is 47.4 Å². The largest absolute Gasteiger partial charge is 0.490 e. The zero-order chi connectivity index (χ0) is 22.9. The van der Waals surface area contributed by atoms with E-state index >= 15 is 0 Å². The number of fused-ring (bicyclic) bond motifs is 3. The second-order valence-corrected chi connectivity index (χ2v) is 9.68. The quantitative estimate of drug-likeness (QED) is 0.322. The molecule has 0 saturated carbocycles. The molecule has 2 saturated heterocycles. The molecule has 6 rings (SSSR count). The van der Waals surface area contributed by atoms with Crippen LogP contribution in [-0.4, -0.2) is 33.1 Å². The molecule has 0 spiro atoms. The van der Waals surface area contributed by atoms with Crippen LogP contribution in [0.25, 0.3) is 10.8 Å². The van der Waals surface area contributed by atoms with E-state index in [1.54, 1.807) is 12.3 Å². The van der Waals surface area contributed by atoms with Crippen molar-refractivity contribution in [1.29, 1.82) is 0 Å². The average Bonchev–Trinajstić information content (AvgIpc) is 3.08. The minimum Gasteiger partial charge on any atom is -0.490 e. The lowest BCUT2D eigenvalue weighted by atomic mass is 9.98. The van der Waals surface area contributed by atoms with Crippen molar-refractivity contribution < 1.29 is 4.74 Å². The Hall–Kier alpha value is -3.15. The van der Waals surface area contributed by atoms with Crippen LogP contribution in [0.5, 0.6) is 5.75 Å². The summed E-state index contributed by atoms with van der Waals surface area (Å²) in [6.07, 6.45) is 8.52. The fraction of sp³-hybridized carbons (Fsp3) is 0.286. The van der Waals surface area contributed by atoms with E-state index in [1.165, 1.54) is 18.4 Å². The molecule has 0 aliphatic carbocycles. The fourth-order valence-corrected chi connectivity index (χ4v) is 5.59. The van der Waals surface area contributed by atoms with Crippen LogP contribution in [0.1, 0.15) is 31.2 Å². The van der Waals surface area contributed by atoms with Gasteiger partial charge in [-0.05, 0) is 73.0 Å². The number of halogens is 1. The number of ether oxygens (including phenoxy) is 1. The summed E-state index contributed by atoms with van der Waals surface area (Å²) in [5, 5.41) is 5.95. The van der Waals surface area contributed by atoms with Gasteiger partial charge < -0.3 is 10.1 Å². The predicted octanol–water partition coefficient (Wildman–Crippen LogP) is 6.60. The molecule has 2 bridgehead atoms. The lowest BCUT2D eigenvalue weighted by Gasteiger charge is -2.39. The van der Waals surface area contributed by atoms with E-state index in [-0.39, 0.29) is 6.10 Å². The molecule has 34 heavy (non-hydrogen) atoms. The Morgan fingerprint density at radius 3 is 2.53 bits per heavy atom. The lowest BCUT2D eigenvalue weighted by molar-refractivity contribution is 0.0446. The number of benzene rings is 2. The number of pyridine rings is 2. The normalized spacial score (nSPS) is 22.1. The third-order valence-electron chi connectivity index (χ3n) is 7.08. The zero-order valence-electron chi connectivity index (χ0n) is 18.9. The van der Waals surface area contributed by atoms with Crippen molar-refractivity contribution in [2.45, 2.75) is 50.4 Å². The molecule has 1 N–H and O–H groups in total. The van der Waals surface area contributed by atoms with Crippen LogP contribution in [0.15, 0.2) is 79.1 Å². The van der Waals surface area contributed by atoms with Gasteiger partial charge in [-0.3, -0.25) is 4.90 Å². The summed E-state index contributed by atoms with van der Waals surface area (Å²) < 4.78 is 6.52. The summed E-state index contributed by atoms with van der Waals surface area (Å²) in [6.45, 7) is 1.05. The molecular formula is C28H27ClN4O. The Kier molecular flexibility index (Phi) is 5.81. The van der Waals surface area contributed by atoms with Crippen LogP contribution in [0.3, 0.4) is 0 Å². The van der Waals surface area contributed by atoms with Gasteiger partial charge in [0.05, 0.1) is 11.9 Å². The van der Waals surface area contributed by atoms with Gasteiger partial charge in [-0.15, -0.1) is 0 Å². The number of anilines is 2. The van der Waals surface area contributed by atoms with Crippen LogP contribution in [0.2, 0.25) is 5.15 Å². The van der Waals surface area contributed by atoms with Crippen LogP contribution < -0.4 is 10.1 Å². The Morgan fingerprint density at radius 2 is 1.76 bits per heavy atom. The van der Waals surface area contributed by atoms with Crippen molar-refractivity contribution >= 4 is 33.9 Å². The summed E-state index contributed by atoms with van der Waals surface area (Å²) in [6, 6.07) is 24.0. The average molecular weight is 471 g/mol. The van der Waals surface area contributed by atoms with Crippen LogP contribution in [0, 0.1) is 0 Å². The van der Waals surface area contributed by atoms with Crippen molar-refractivity contribution in [2.75, 3.05) is 5.32 Å². The lowest BCUT2D eigenvalue weighted by Crippen LogP contribution is -2.45. The number of aromatic nitrogens is 2. The van der Waals surface area contributed by atoms with E-state index in [4.69, 9.17) is 16.3 Å². The first-order chi connectivity index (χ1) is 16.7. The first-order valence-electron chi connectivity index (χ1n) is 11.9. The number of nitrogens with zero attached hydrogens (tertiary/aromatic N) is 3. The number of rotatable bonds is 6. The van der Waals surface area contributed by atoms with Crippen molar-refractivity contribution in [3.63, 3.8) is 0 Å². The van der Waals surface area contributed by atoms with Gasteiger partial charge in [0.25, 0.3) is 0 Å². The molecular weight excluding hydrogens is 444 g/mol. The van der Waals surface area contributed by atoms with Crippen LogP contribution in [0.4, 0.5) is 11.5 Å². The standard InChI is InChI=1S/C28H27ClN4O/c29-27-11-6-21(17-31-27)32-28-26-10-9-24(14-20(26)12-13-30-28)34-25-15-22-7-8-23(16-25)33(22)18-19-4-2-1-3-5-19/h1-6,9-14,17,22-23,25H,7-8,15-16,18H2,(H,30,32). The third kappa shape index (κ3) is 4.46. The third-order valence-corrected chi connectivity index (χ3v) is 7.30. The molecule has 4 heterocycles. The molecule has 2 aliphatic heterocycles. The maximum Gasteiger partial charge on any atom is 0.138 e. The SMILES string of the molecule is Clc1ccc(Nc2nccc3cc(OC4CC5CCC(C4)N5Cc4ccccc4)ccc23)cn1. The number of nitrogens with one attached hydrogen (secondary N) is 1. The topological polar surface area (TPSA) is 50.3 Å². The minimum absolute atomic E-state index is 0.265. The highest BCUT2D eigenvalue weighted by Crippen LogP contribution is 2.39. The molecule has 172 valence electrons. The Balaban J connectivity index is 1.15. The van der Waals surface area contributed by atoms with Gasteiger partial charge in [0.2, 0.25) is 0 Å². The highest BCUT2D eigenvalue weighted by atomic mass is 35.5.